The predicted molar refractivity (Wildman–Crippen MR) is 48.6 cm³/mol. The summed E-state index contributed by atoms with van der Waals surface area (Å²) < 4.78 is 6.69. The van der Waals surface area contributed by atoms with E-state index in [1.807, 2.05) is 13.8 Å². The maximum Gasteiger partial charge on any atom is 0.312 e. The maximum atomic E-state index is 11.0. The molecule has 0 radical (unpaired) electrons. The maximum absolute atomic E-state index is 11.0. The lowest BCUT2D eigenvalue weighted by Gasteiger charge is -2.02. The summed E-state index contributed by atoms with van der Waals surface area (Å²) in [5.74, 6) is 0.315. The molecule has 0 saturated heterocycles. The summed E-state index contributed by atoms with van der Waals surface area (Å²) in [7, 11) is 1.76. The van der Waals surface area contributed by atoms with Gasteiger partial charge in [-0.3, -0.25) is 4.79 Å². The van der Waals surface area contributed by atoms with Crippen LogP contribution in [0.2, 0.25) is 0 Å². The molecule has 0 aliphatic rings. The Morgan fingerprint density at radius 2 is 2.15 bits per heavy atom. The molecule has 4 heteroatoms. The highest BCUT2D eigenvalue weighted by atomic mass is 16.5. The number of nitrogens with zero attached hydrogens (tertiary/aromatic N) is 2. The topological polar surface area (TPSA) is 44.1 Å². The Morgan fingerprint density at radius 3 is 2.54 bits per heavy atom. The number of ether oxygens (including phenoxy) is 1. The molecule has 0 aromatic carbocycles. The first-order valence-electron chi connectivity index (χ1n) is 4.27. The number of rotatable bonds is 2. The monoisotopic (exact) mass is 182 g/mol. The van der Waals surface area contributed by atoms with Crippen molar-refractivity contribution in [3.8, 4) is 5.88 Å². The Morgan fingerprint density at radius 1 is 1.54 bits per heavy atom. The summed E-state index contributed by atoms with van der Waals surface area (Å²) in [5.41, 5.74) is 1.81. The normalized spacial score (nSPS) is 10.2. The number of carbonyl (C=O) groups excluding carboxylic acids is 1. The van der Waals surface area contributed by atoms with Crippen LogP contribution in [0.15, 0.2) is 0 Å². The number of hydrogen-bond donors (Lipinski definition) is 0. The van der Waals surface area contributed by atoms with Gasteiger partial charge < -0.3 is 4.74 Å². The Bertz CT molecular complexity index is 329. The number of esters is 1. The molecule has 1 rings (SSSR count). The van der Waals surface area contributed by atoms with E-state index in [0.717, 1.165) is 11.3 Å². The molecule has 1 aromatic heterocycles. The van der Waals surface area contributed by atoms with Gasteiger partial charge in [-0.2, -0.15) is 5.10 Å². The van der Waals surface area contributed by atoms with E-state index in [0.29, 0.717) is 12.3 Å². The smallest absolute Gasteiger partial charge is 0.312 e. The first-order valence-corrected chi connectivity index (χ1v) is 4.27. The fourth-order valence-corrected chi connectivity index (χ4v) is 1.07. The third-order valence-electron chi connectivity index (χ3n) is 1.96. The fourth-order valence-electron chi connectivity index (χ4n) is 1.07. The van der Waals surface area contributed by atoms with Crippen molar-refractivity contribution in [3.05, 3.63) is 11.3 Å². The van der Waals surface area contributed by atoms with E-state index in [-0.39, 0.29) is 5.97 Å². The largest absolute Gasteiger partial charge is 0.407 e. The fraction of sp³-hybridized carbons (Fsp3) is 0.556. The van der Waals surface area contributed by atoms with Gasteiger partial charge in [0, 0.05) is 19.0 Å². The van der Waals surface area contributed by atoms with Gasteiger partial charge in [-0.1, -0.05) is 6.92 Å². The van der Waals surface area contributed by atoms with Crippen LogP contribution in [-0.2, 0) is 11.8 Å². The first-order chi connectivity index (χ1) is 6.06. The van der Waals surface area contributed by atoms with Crippen LogP contribution in [0.1, 0.15) is 24.6 Å². The van der Waals surface area contributed by atoms with E-state index in [1.54, 1.807) is 18.7 Å². The molecule has 0 unspecified atom stereocenters. The minimum absolute atomic E-state index is 0.230. The van der Waals surface area contributed by atoms with Crippen molar-refractivity contribution in [3.63, 3.8) is 0 Å². The molecule has 0 aliphatic heterocycles. The van der Waals surface area contributed by atoms with E-state index in [1.165, 1.54) is 0 Å². The van der Waals surface area contributed by atoms with Gasteiger partial charge in [0.2, 0.25) is 5.88 Å². The third kappa shape index (κ3) is 1.88. The van der Waals surface area contributed by atoms with Crippen molar-refractivity contribution in [2.45, 2.75) is 27.2 Å². The van der Waals surface area contributed by atoms with Crippen molar-refractivity contribution in [1.82, 2.24) is 9.78 Å². The van der Waals surface area contributed by atoms with Gasteiger partial charge in [0.25, 0.3) is 0 Å². The lowest BCUT2D eigenvalue weighted by Crippen LogP contribution is -2.09. The number of aromatic nitrogens is 2. The van der Waals surface area contributed by atoms with Gasteiger partial charge in [-0.15, -0.1) is 0 Å². The van der Waals surface area contributed by atoms with Crippen molar-refractivity contribution in [2.75, 3.05) is 0 Å². The molecule has 0 N–H and O–H groups in total. The van der Waals surface area contributed by atoms with Crippen LogP contribution in [0.5, 0.6) is 5.88 Å². The van der Waals surface area contributed by atoms with E-state index in [4.69, 9.17) is 4.74 Å². The Hall–Kier alpha value is -1.32. The van der Waals surface area contributed by atoms with Gasteiger partial charge in [0.05, 0.1) is 5.69 Å². The molecule has 13 heavy (non-hydrogen) atoms. The second-order valence-electron chi connectivity index (χ2n) is 2.97. The molecule has 1 heterocycles. The molecular formula is C9H14N2O2. The SMILES string of the molecule is CCC(=O)Oc1c(C)c(C)nn1C. The highest BCUT2D eigenvalue weighted by Crippen LogP contribution is 2.19. The number of carbonyl (C=O) groups is 1. The predicted octanol–water partition coefficient (Wildman–Crippen LogP) is 1.35. The quantitative estimate of drug-likeness (QED) is 0.648. The van der Waals surface area contributed by atoms with Crippen molar-refractivity contribution in [1.29, 1.82) is 0 Å². The second kappa shape index (κ2) is 3.60. The molecule has 0 saturated carbocycles. The average Bonchev–Trinajstić information content (AvgIpc) is 2.32. The number of hydrogen-bond acceptors (Lipinski definition) is 3. The Labute approximate surface area is 77.5 Å². The second-order valence-corrected chi connectivity index (χ2v) is 2.97. The van der Waals surface area contributed by atoms with Crippen LogP contribution in [0.4, 0.5) is 0 Å². The lowest BCUT2D eigenvalue weighted by atomic mass is 10.3. The minimum Gasteiger partial charge on any atom is -0.407 e. The molecule has 1 aromatic rings. The molecule has 0 bridgehead atoms. The molecule has 0 amide bonds. The van der Waals surface area contributed by atoms with Crippen LogP contribution in [-0.4, -0.2) is 15.7 Å². The summed E-state index contributed by atoms with van der Waals surface area (Å²) in [6, 6.07) is 0. The van der Waals surface area contributed by atoms with Crippen LogP contribution < -0.4 is 4.74 Å². The van der Waals surface area contributed by atoms with Crippen LogP contribution >= 0.6 is 0 Å². The third-order valence-corrected chi connectivity index (χ3v) is 1.96. The molecule has 0 aliphatic carbocycles. The zero-order valence-corrected chi connectivity index (χ0v) is 8.42. The van der Waals surface area contributed by atoms with Crippen LogP contribution in [0.3, 0.4) is 0 Å². The standard InChI is InChI=1S/C9H14N2O2/c1-5-8(12)13-9-6(2)7(3)10-11(9)4/h5H2,1-4H3. The lowest BCUT2D eigenvalue weighted by molar-refractivity contribution is -0.134. The number of aryl methyl sites for hydroxylation is 2. The first kappa shape index (κ1) is 9.77. The molecule has 0 spiro atoms. The summed E-state index contributed by atoms with van der Waals surface area (Å²) in [6.07, 6.45) is 0.379. The van der Waals surface area contributed by atoms with Crippen molar-refractivity contribution < 1.29 is 9.53 Å². The highest BCUT2D eigenvalue weighted by molar-refractivity contribution is 5.71. The van der Waals surface area contributed by atoms with Crippen molar-refractivity contribution in [2.24, 2.45) is 7.05 Å². The average molecular weight is 182 g/mol. The molecule has 72 valence electrons. The van der Waals surface area contributed by atoms with E-state index >= 15 is 0 Å². The summed E-state index contributed by atoms with van der Waals surface area (Å²) in [6.45, 7) is 5.54. The van der Waals surface area contributed by atoms with Gasteiger partial charge in [0.1, 0.15) is 0 Å². The molecule has 4 nitrogen and oxygen atoms in total. The van der Waals surface area contributed by atoms with E-state index in [2.05, 4.69) is 5.10 Å². The van der Waals surface area contributed by atoms with Gasteiger partial charge in [0.15, 0.2) is 0 Å². The van der Waals surface area contributed by atoms with Crippen LogP contribution in [0.25, 0.3) is 0 Å². The highest BCUT2D eigenvalue weighted by Gasteiger charge is 2.12. The Kier molecular flexibility index (Phi) is 2.70. The zero-order valence-electron chi connectivity index (χ0n) is 8.42. The molecule has 0 fully saturated rings. The van der Waals surface area contributed by atoms with E-state index in [9.17, 15) is 4.79 Å². The molecular weight excluding hydrogens is 168 g/mol. The van der Waals surface area contributed by atoms with Crippen LogP contribution in [0, 0.1) is 13.8 Å². The van der Waals surface area contributed by atoms with Gasteiger partial charge >= 0.3 is 5.97 Å². The summed E-state index contributed by atoms with van der Waals surface area (Å²) in [5, 5.41) is 4.14. The summed E-state index contributed by atoms with van der Waals surface area (Å²) >= 11 is 0. The zero-order chi connectivity index (χ0) is 10.0. The van der Waals surface area contributed by atoms with Gasteiger partial charge in [-0.25, -0.2) is 4.68 Å². The van der Waals surface area contributed by atoms with Gasteiger partial charge in [-0.05, 0) is 13.8 Å². The molecule has 0 atom stereocenters. The van der Waals surface area contributed by atoms with E-state index < -0.39 is 0 Å². The summed E-state index contributed by atoms with van der Waals surface area (Å²) in [4.78, 5) is 11.0. The minimum atomic E-state index is -0.230. The van der Waals surface area contributed by atoms with Crippen molar-refractivity contribution >= 4 is 5.97 Å². The Balaban J connectivity index is 2.94.